The van der Waals surface area contributed by atoms with Crippen molar-refractivity contribution in [3.63, 3.8) is 0 Å². The van der Waals surface area contributed by atoms with Crippen LogP contribution in [0.4, 0.5) is 5.69 Å². The number of hydrogen-bond acceptors (Lipinski definition) is 2. The van der Waals surface area contributed by atoms with Gasteiger partial charge in [0, 0.05) is 13.1 Å². The van der Waals surface area contributed by atoms with Crippen LogP contribution in [-0.2, 0) is 0 Å². The van der Waals surface area contributed by atoms with Gasteiger partial charge >= 0.3 is 0 Å². The number of aliphatic hydroxyl groups excluding tert-OH is 1. The summed E-state index contributed by atoms with van der Waals surface area (Å²) in [5, 5.41) is 10.2. The molecule has 17 heavy (non-hydrogen) atoms. The van der Waals surface area contributed by atoms with Gasteiger partial charge < -0.3 is 10.0 Å². The Balaban J connectivity index is 2.99. The molecule has 2 atom stereocenters. The maximum atomic E-state index is 9.50. The largest absolute Gasteiger partial charge is 0.389 e. The maximum absolute atomic E-state index is 9.50. The molecule has 0 aromatic heterocycles. The van der Waals surface area contributed by atoms with E-state index in [4.69, 9.17) is 11.6 Å². The van der Waals surface area contributed by atoms with Crippen LogP contribution in [0.25, 0.3) is 0 Å². The first-order valence-corrected chi connectivity index (χ1v) is 6.42. The summed E-state index contributed by atoms with van der Waals surface area (Å²) >= 11 is 6.26. The van der Waals surface area contributed by atoms with Crippen molar-refractivity contribution in [2.75, 3.05) is 11.9 Å². The zero-order chi connectivity index (χ0) is 13.2. The number of rotatable bonds is 4. The molecule has 0 saturated carbocycles. The van der Waals surface area contributed by atoms with Crippen LogP contribution in [-0.4, -0.2) is 18.2 Å². The number of anilines is 1. The Hall–Kier alpha value is -0.730. The first-order chi connectivity index (χ1) is 7.84. The van der Waals surface area contributed by atoms with Crippen LogP contribution in [0.3, 0.4) is 0 Å². The Labute approximate surface area is 109 Å². The predicted molar refractivity (Wildman–Crippen MR) is 74.8 cm³/mol. The first-order valence-electron chi connectivity index (χ1n) is 6.05. The van der Waals surface area contributed by atoms with Crippen LogP contribution < -0.4 is 4.90 Å². The highest BCUT2D eigenvalue weighted by molar-refractivity contribution is 6.33. The molecule has 0 aliphatic rings. The minimum absolute atomic E-state index is 0.421. The van der Waals surface area contributed by atoms with Crippen molar-refractivity contribution in [3.05, 3.63) is 28.8 Å². The van der Waals surface area contributed by atoms with Crippen molar-refractivity contribution in [1.82, 2.24) is 0 Å². The molecule has 1 rings (SSSR count). The number of hydrogen-bond donors (Lipinski definition) is 1. The van der Waals surface area contributed by atoms with E-state index >= 15 is 0 Å². The number of benzene rings is 1. The highest BCUT2D eigenvalue weighted by atomic mass is 35.5. The van der Waals surface area contributed by atoms with E-state index in [0.29, 0.717) is 17.0 Å². The van der Waals surface area contributed by atoms with E-state index in [1.165, 1.54) is 0 Å². The lowest BCUT2D eigenvalue weighted by Gasteiger charge is -2.31. The second kappa shape index (κ2) is 5.74. The van der Waals surface area contributed by atoms with Crippen molar-refractivity contribution in [2.24, 2.45) is 5.92 Å². The van der Waals surface area contributed by atoms with Crippen molar-refractivity contribution in [3.8, 4) is 0 Å². The van der Waals surface area contributed by atoms with Crippen molar-refractivity contribution >= 4 is 17.3 Å². The molecule has 0 bridgehead atoms. The average molecular weight is 256 g/mol. The highest BCUT2D eigenvalue weighted by Gasteiger charge is 2.16. The van der Waals surface area contributed by atoms with Crippen LogP contribution in [0.5, 0.6) is 0 Å². The lowest BCUT2D eigenvalue weighted by Crippen LogP contribution is -2.33. The van der Waals surface area contributed by atoms with Gasteiger partial charge in [-0.05, 0) is 37.5 Å². The summed E-state index contributed by atoms with van der Waals surface area (Å²) in [5.74, 6) is 0.563. The molecule has 0 spiro atoms. The molecular weight excluding hydrogens is 234 g/mol. The summed E-state index contributed by atoms with van der Waals surface area (Å²) in [5.41, 5.74) is 1.86. The monoisotopic (exact) mass is 255 g/mol. The van der Waals surface area contributed by atoms with Crippen molar-refractivity contribution < 1.29 is 5.11 Å². The smallest absolute Gasteiger partial charge is 0.0762 e. The minimum atomic E-state index is -0.477. The molecule has 0 heterocycles. The molecule has 3 heteroatoms. The van der Waals surface area contributed by atoms with Gasteiger partial charge in [0.25, 0.3) is 0 Å². The fraction of sp³-hybridized carbons (Fsp3) is 0.571. The van der Waals surface area contributed by atoms with Crippen LogP contribution in [0.2, 0.25) is 5.02 Å². The third-order valence-electron chi connectivity index (χ3n) is 3.41. The second-order valence-corrected chi connectivity index (χ2v) is 5.39. The lowest BCUT2D eigenvalue weighted by atomic mass is 10.0. The zero-order valence-corrected chi connectivity index (χ0v) is 12.0. The molecule has 0 aliphatic heterocycles. The summed E-state index contributed by atoms with van der Waals surface area (Å²) in [4.78, 5) is 2.18. The average Bonchev–Trinajstić information content (AvgIpc) is 2.26. The van der Waals surface area contributed by atoms with E-state index in [1.54, 1.807) is 6.92 Å². The Morgan fingerprint density at radius 3 is 2.18 bits per heavy atom. The summed E-state index contributed by atoms with van der Waals surface area (Å²) < 4.78 is 0. The van der Waals surface area contributed by atoms with Gasteiger partial charge in [0.2, 0.25) is 0 Å². The third-order valence-corrected chi connectivity index (χ3v) is 3.71. The number of nitrogens with zero attached hydrogens (tertiary/aromatic N) is 1. The van der Waals surface area contributed by atoms with Crippen LogP contribution in [0, 0.1) is 5.92 Å². The van der Waals surface area contributed by atoms with E-state index in [-0.39, 0.29) is 0 Å². The Bertz CT molecular complexity index is 376. The fourth-order valence-electron chi connectivity index (χ4n) is 1.74. The van der Waals surface area contributed by atoms with Gasteiger partial charge in [-0.1, -0.05) is 31.5 Å². The van der Waals surface area contributed by atoms with Gasteiger partial charge in [-0.15, -0.1) is 0 Å². The summed E-state index contributed by atoms with van der Waals surface area (Å²) in [6, 6.07) is 6.16. The molecule has 2 nitrogen and oxygen atoms in total. The van der Waals surface area contributed by atoms with Gasteiger partial charge in [0.05, 0.1) is 16.8 Å². The molecule has 1 aromatic rings. The topological polar surface area (TPSA) is 23.5 Å². The molecule has 0 amide bonds. The first kappa shape index (κ1) is 14.3. The van der Waals surface area contributed by atoms with Crippen molar-refractivity contribution in [2.45, 2.75) is 39.8 Å². The normalized spacial score (nSPS) is 14.8. The van der Waals surface area contributed by atoms with Gasteiger partial charge in [-0.2, -0.15) is 0 Å². The van der Waals surface area contributed by atoms with Gasteiger partial charge in [-0.25, -0.2) is 0 Å². The Kier molecular flexibility index (Phi) is 4.84. The van der Waals surface area contributed by atoms with Crippen LogP contribution >= 0.6 is 11.6 Å². The quantitative estimate of drug-likeness (QED) is 0.883. The number of aliphatic hydroxyl groups is 1. The summed E-state index contributed by atoms with van der Waals surface area (Å²) in [6.45, 7) is 8.31. The van der Waals surface area contributed by atoms with E-state index in [1.807, 2.05) is 25.2 Å². The fourth-order valence-corrected chi connectivity index (χ4v) is 2.06. The Morgan fingerprint density at radius 2 is 1.76 bits per heavy atom. The molecule has 1 N–H and O–H groups in total. The van der Waals surface area contributed by atoms with E-state index in [0.717, 1.165) is 11.3 Å². The standard InChI is InChI=1S/C14H22ClNO/c1-9(2)10(3)16(5)14-7-6-12(11(4)17)8-13(14)15/h6-11,17H,1-5H3/t10?,11-/m0/s1. The van der Waals surface area contributed by atoms with E-state index in [2.05, 4.69) is 25.7 Å². The van der Waals surface area contributed by atoms with E-state index in [9.17, 15) is 5.11 Å². The summed E-state index contributed by atoms with van der Waals surface area (Å²) in [6.07, 6.45) is -0.477. The molecule has 0 saturated heterocycles. The van der Waals surface area contributed by atoms with Gasteiger partial charge in [0.15, 0.2) is 0 Å². The second-order valence-electron chi connectivity index (χ2n) is 4.98. The van der Waals surface area contributed by atoms with Crippen LogP contribution in [0.1, 0.15) is 39.4 Å². The number of halogens is 1. The van der Waals surface area contributed by atoms with E-state index < -0.39 is 6.10 Å². The minimum Gasteiger partial charge on any atom is -0.389 e. The van der Waals surface area contributed by atoms with Gasteiger partial charge in [-0.3, -0.25) is 0 Å². The highest BCUT2D eigenvalue weighted by Crippen LogP contribution is 2.30. The molecule has 0 radical (unpaired) electrons. The maximum Gasteiger partial charge on any atom is 0.0762 e. The van der Waals surface area contributed by atoms with Gasteiger partial charge in [0.1, 0.15) is 0 Å². The molecule has 1 aromatic carbocycles. The zero-order valence-electron chi connectivity index (χ0n) is 11.2. The van der Waals surface area contributed by atoms with Crippen LogP contribution in [0.15, 0.2) is 18.2 Å². The summed E-state index contributed by atoms with van der Waals surface area (Å²) in [7, 11) is 2.05. The predicted octanol–water partition coefficient (Wildman–Crippen LogP) is 3.87. The lowest BCUT2D eigenvalue weighted by molar-refractivity contribution is 0.199. The molecule has 1 unspecified atom stereocenters. The third kappa shape index (κ3) is 3.36. The SMILES string of the molecule is CC(C)C(C)N(C)c1ccc([C@H](C)O)cc1Cl. The molecule has 96 valence electrons. The molecule has 0 aliphatic carbocycles. The Morgan fingerprint density at radius 1 is 1.18 bits per heavy atom. The molecular formula is C14H22ClNO. The molecule has 0 fully saturated rings. The van der Waals surface area contributed by atoms with Crippen molar-refractivity contribution in [1.29, 1.82) is 0 Å².